The average Bonchev–Trinajstić information content (AvgIpc) is 2.41. The van der Waals surface area contributed by atoms with E-state index >= 15 is 0 Å². The number of hydrogen-bond acceptors (Lipinski definition) is 0. The minimum absolute atomic E-state index is 0.986. The monoisotopic (exact) mass is 296 g/mol. The first-order valence-electron chi connectivity index (χ1n) is 8.11. The average molecular weight is 296 g/mol. The van der Waals surface area contributed by atoms with Crippen molar-refractivity contribution in [2.75, 3.05) is 28.2 Å². The molecule has 0 aliphatic carbocycles. The van der Waals surface area contributed by atoms with Crippen LogP contribution in [0.1, 0.15) is 22.3 Å². The van der Waals surface area contributed by atoms with E-state index in [2.05, 4.69) is 76.7 Å². The van der Waals surface area contributed by atoms with Crippen LogP contribution in [0.4, 0.5) is 0 Å². The van der Waals surface area contributed by atoms with Crippen molar-refractivity contribution in [3.8, 4) is 0 Å². The van der Waals surface area contributed by atoms with Crippen LogP contribution in [-0.4, -0.2) is 37.2 Å². The maximum Gasteiger partial charge on any atom is 0.104 e. The lowest BCUT2D eigenvalue weighted by Gasteiger charge is -2.32. The zero-order valence-electron chi connectivity index (χ0n) is 14.3. The minimum atomic E-state index is 0.986. The van der Waals surface area contributed by atoms with Gasteiger partial charge in [-0.2, -0.15) is 0 Å². The topological polar surface area (TPSA) is 0 Å². The highest BCUT2D eigenvalue weighted by Crippen LogP contribution is 2.20. The summed E-state index contributed by atoms with van der Waals surface area (Å²) in [5.41, 5.74) is 5.70. The third-order valence-electron chi connectivity index (χ3n) is 4.49. The molecule has 0 radical (unpaired) electrons. The molecular weight excluding hydrogens is 268 g/mol. The molecule has 4 aliphatic heterocycles. The minimum Gasteiger partial charge on any atom is -0.321 e. The van der Waals surface area contributed by atoms with Gasteiger partial charge in [0.25, 0.3) is 0 Å². The summed E-state index contributed by atoms with van der Waals surface area (Å²) in [5.74, 6) is 0. The molecule has 0 unspecified atom stereocenters. The third-order valence-corrected chi connectivity index (χ3v) is 4.49. The van der Waals surface area contributed by atoms with Gasteiger partial charge in [-0.05, 0) is 0 Å². The van der Waals surface area contributed by atoms with Crippen LogP contribution in [0.15, 0.2) is 48.5 Å². The van der Waals surface area contributed by atoms with Gasteiger partial charge in [-0.25, -0.2) is 0 Å². The fourth-order valence-electron chi connectivity index (χ4n) is 3.59. The summed E-state index contributed by atoms with van der Waals surface area (Å²) in [7, 11) is 9.25. The quantitative estimate of drug-likeness (QED) is 0.652. The van der Waals surface area contributed by atoms with Gasteiger partial charge in [0, 0.05) is 22.3 Å². The van der Waals surface area contributed by atoms with Crippen LogP contribution in [0.3, 0.4) is 0 Å². The first-order valence-corrected chi connectivity index (χ1v) is 8.11. The lowest BCUT2D eigenvalue weighted by Crippen LogP contribution is -2.39. The lowest BCUT2D eigenvalue weighted by molar-refractivity contribution is -0.917. The summed E-state index contributed by atoms with van der Waals surface area (Å²) < 4.78 is 1.97. The summed E-state index contributed by atoms with van der Waals surface area (Å²) in [6, 6.07) is 18.5. The first-order chi connectivity index (χ1) is 10.3. The van der Waals surface area contributed by atoms with Crippen LogP contribution in [0, 0.1) is 0 Å². The number of nitrogens with zero attached hydrogens (tertiary/aromatic N) is 2. The van der Waals surface area contributed by atoms with Crippen molar-refractivity contribution in [3.05, 3.63) is 70.8 Å². The molecule has 0 N–H and O–H groups in total. The molecule has 4 aliphatic rings. The molecule has 4 bridgehead atoms. The van der Waals surface area contributed by atoms with Crippen molar-refractivity contribution in [1.82, 2.24) is 0 Å². The molecule has 0 spiro atoms. The Morgan fingerprint density at radius 3 is 0.818 bits per heavy atom. The predicted octanol–water partition coefficient (Wildman–Crippen LogP) is 3.55. The van der Waals surface area contributed by atoms with Crippen LogP contribution in [-0.2, 0) is 26.2 Å². The van der Waals surface area contributed by atoms with Gasteiger partial charge < -0.3 is 8.97 Å². The van der Waals surface area contributed by atoms with Gasteiger partial charge in [0.1, 0.15) is 26.2 Å². The Morgan fingerprint density at radius 1 is 0.455 bits per heavy atom. The van der Waals surface area contributed by atoms with Gasteiger partial charge in [0.2, 0.25) is 0 Å². The van der Waals surface area contributed by atoms with Gasteiger partial charge in [0.05, 0.1) is 28.2 Å². The number of benzene rings is 2. The normalized spacial score (nSPS) is 19.8. The van der Waals surface area contributed by atoms with E-state index in [1.54, 1.807) is 0 Å². The van der Waals surface area contributed by atoms with Gasteiger partial charge in [0.15, 0.2) is 0 Å². The van der Waals surface area contributed by atoms with E-state index in [1.165, 1.54) is 22.3 Å². The van der Waals surface area contributed by atoms with E-state index in [0.29, 0.717) is 0 Å². The van der Waals surface area contributed by atoms with Crippen molar-refractivity contribution < 1.29 is 8.97 Å². The molecule has 0 atom stereocenters. The smallest absolute Gasteiger partial charge is 0.104 e. The van der Waals surface area contributed by atoms with Crippen molar-refractivity contribution in [1.29, 1.82) is 0 Å². The molecule has 2 aromatic carbocycles. The molecule has 2 heteroatoms. The Kier molecular flexibility index (Phi) is 3.84. The van der Waals surface area contributed by atoms with Crippen molar-refractivity contribution >= 4 is 0 Å². The number of quaternary nitrogens is 2. The van der Waals surface area contributed by atoms with Gasteiger partial charge >= 0.3 is 0 Å². The summed E-state index contributed by atoms with van der Waals surface area (Å²) in [6.07, 6.45) is 0. The molecule has 0 saturated heterocycles. The Labute approximate surface area is 134 Å². The summed E-state index contributed by atoms with van der Waals surface area (Å²) in [6.45, 7) is 4.28. The summed E-state index contributed by atoms with van der Waals surface area (Å²) in [5, 5.41) is 0. The van der Waals surface area contributed by atoms with E-state index in [1.807, 2.05) is 0 Å². The highest BCUT2D eigenvalue weighted by atomic mass is 15.3. The van der Waals surface area contributed by atoms with Crippen LogP contribution >= 0.6 is 0 Å². The van der Waals surface area contributed by atoms with Crippen LogP contribution in [0.2, 0.25) is 0 Å². The predicted molar refractivity (Wildman–Crippen MR) is 91.9 cm³/mol. The molecule has 22 heavy (non-hydrogen) atoms. The molecule has 4 heterocycles. The van der Waals surface area contributed by atoms with E-state index in [9.17, 15) is 0 Å². The third kappa shape index (κ3) is 3.76. The summed E-state index contributed by atoms with van der Waals surface area (Å²) >= 11 is 0. The van der Waals surface area contributed by atoms with Gasteiger partial charge in [-0.15, -0.1) is 0 Å². The Morgan fingerprint density at radius 2 is 0.636 bits per heavy atom. The van der Waals surface area contributed by atoms with Crippen LogP contribution in [0.25, 0.3) is 0 Å². The van der Waals surface area contributed by atoms with Gasteiger partial charge in [-0.1, -0.05) is 48.5 Å². The first kappa shape index (κ1) is 15.3. The van der Waals surface area contributed by atoms with Crippen LogP contribution < -0.4 is 0 Å². The van der Waals surface area contributed by atoms with Crippen molar-refractivity contribution in [2.45, 2.75) is 26.2 Å². The zero-order chi connectivity index (χ0) is 15.8. The van der Waals surface area contributed by atoms with E-state index in [0.717, 1.165) is 35.1 Å². The molecule has 2 aromatic rings. The largest absolute Gasteiger partial charge is 0.321 e. The second-order valence-electron chi connectivity index (χ2n) is 8.14. The van der Waals surface area contributed by atoms with Gasteiger partial charge in [-0.3, -0.25) is 0 Å². The molecule has 0 aromatic heterocycles. The highest BCUT2D eigenvalue weighted by molar-refractivity contribution is 5.23. The van der Waals surface area contributed by atoms with Crippen molar-refractivity contribution in [3.63, 3.8) is 0 Å². The van der Waals surface area contributed by atoms with E-state index < -0.39 is 0 Å². The van der Waals surface area contributed by atoms with E-state index in [-0.39, 0.29) is 0 Å². The maximum absolute atomic E-state index is 2.31. The number of hydrogen-bond donors (Lipinski definition) is 0. The molecule has 0 saturated carbocycles. The van der Waals surface area contributed by atoms with Crippen molar-refractivity contribution in [2.24, 2.45) is 0 Å². The standard InChI is InChI=1S/C20H28N2/c1-21(2)13-17-5-9-19(10-6-17)15-22(3,4)16-20-11-7-18(14-21)8-12-20/h5-12H,13-16H2,1-4H3/q+2. The Bertz CT molecular complexity index is 523. The Balaban J connectivity index is 1.99. The molecular formula is C20H28N2+2. The molecule has 0 fully saturated rings. The second-order valence-corrected chi connectivity index (χ2v) is 8.14. The highest BCUT2D eigenvalue weighted by Gasteiger charge is 2.20. The fraction of sp³-hybridized carbons (Fsp3) is 0.400. The zero-order valence-corrected chi connectivity index (χ0v) is 14.3. The fourth-order valence-corrected chi connectivity index (χ4v) is 3.59. The molecule has 0 amide bonds. The molecule has 116 valence electrons. The Hall–Kier alpha value is -1.64. The van der Waals surface area contributed by atoms with E-state index in [4.69, 9.17) is 0 Å². The number of rotatable bonds is 0. The van der Waals surface area contributed by atoms with Crippen LogP contribution in [0.5, 0.6) is 0 Å². The SMILES string of the molecule is C[N+]1(C)Cc2ccc(cc2)C[N+](C)(C)Cc2ccc(cc2)C1. The summed E-state index contributed by atoms with van der Waals surface area (Å²) in [4.78, 5) is 0. The second kappa shape index (κ2) is 5.53. The maximum atomic E-state index is 2.31. The molecule has 2 nitrogen and oxygen atoms in total. The molecule has 6 rings (SSSR count). The lowest BCUT2D eigenvalue weighted by atomic mass is 10.1.